The highest BCUT2D eigenvalue weighted by atomic mass is 32.2. The summed E-state index contributed by atoms with van der Waals surface area (Å²) in [7, 11) is -0.823. The number of morpholine rings is 1. The molecule has 2 aliphatic rings. The number of esters is 1. The Morgan fingerprint density at radius 3 is 2.34 bits per heavy atom. The third-order valence-corrected chi connectivity index (χ3v) is 11.5. The van der Waals surface area contributed by atoms with Gasteiger partial charge in [0.05, 0.1) is 65.6 Å². The van der Waals surface area contributed by atoms with Gasteiger partial charge in [0.2, 0.25) is 10.0 Å². The van der Waals surface area contributed by atoms with E-state index in [1.165, 1.54) is 27.3 Å². The van der Waals surface area contributed by atoms with Gasteiger partial charge in [-0.05, 0) is 55.0 Å². The SMILES string of the molecule is COC(=O)C1=C(C)N=c2sc(=Cc3cn(-c4ccccc4)nc3-c3ccc(S(=O)(=O)N4CCOCC4)cc3)c(=O)n2C1c1ccc(OC)cc1. The molecule has 256 valence electrons. The molecule has 1 saturated heterocycles. The highest BCUT2D eigenvalue weighted by molar-refractivity contribution is 7.89. The number of carbonyl (C=O) groups is 1. The lowest BCUT2D eigenvalue weighted by Crippen LogP contribution is -2.40. The molecule has 1 fully saturated rings. The Hall–Kier alpha value is -5.15. The monoisotopic (exact) mass is 711 g/mol. The molecule has 3 aromatic carbocycles. The van der Waals surface area contributed by atoms with Crippen LogP contribution < -0.4 is 19.6 Å². The number of rotatable bonds is 8. The molecule has 7 rings (SSSR count). The maximum atomic E-state index is 14.3. The summed E-state index contributed by atoms with van der Waals surface area (Å²) in [5.41, 5.74) is 3.72. The molecule has 4 heterocycles. The number of aromatic nitrogens is 3. The summed E-state index contributed by atoms with van der Waals surface area (Å²) < 4.78 is 47.4. The van der Waals surface area contributed by atoms with Crippen LogP contribution in [0.3, 0.4) is 0 Å². The van der Waals surface area contributed by atoms with Crippen LogP contribution in [0.5, 0.6) is 5.75 Å². The number of sulfonamides is 1. The van der Waals surface area contributed by atoms with Crippen LogP contribution in [0, 0.1) is 0 Å². The first-order chi connectivity index (χ1) is 24.2. The van der Waals surface area contributed by atoms with E-state index in [2.05, 4.69) is 4.99 Å². The molecule has 0 saturated carbocycles. The Balaban J connectivity index is 1.36. The Morgan fingerprint density at radius 2 is 1.68 bits per heavy atom. The number of ether oxygens (including phenoxy) is 3. The lowest BCUT2D eigenvalue weighted by atomic mass is 9.96. The normalized spacial score (nSPS) is 16.9. The number of allylic oxidation sites excluding steroid dienone is 1. The van der Waals surface area contributed by atoms with Crippen LogP contribution in [0.25, 0.3) is 23.0 Å². The largest absolute Gasteiger partial charge is 0.497 e. The van der Waals surface area contributed by atoms with Crippen LogP contribution in [0.1, 0.15) is 24.1 Å². The van der Waals surface area contributed by atoms with Gasteiger partial charge in [-0.1, -0.05) is 53.8 Å². The molecule has 1 unspecified atom stereocenters. The van der Waals surface area contributed by atoms with Crippen LogP contribution in [0.2, 0.25) is 0 Å². The number of thiazole rings is 1. The second kappa shape index (κ2) is 13.6. The fourth-order valence-corrected chi connectivity index (χ4v) is 8.53. The summed E-state index contributed by atoms with van der Waals surface area (Å²) in [5, 5.41) is 4.88. The second-order valence-electron chi connectivity index (χ2n) is 11.6. The van der Waals surface area contributed by atoms with Crippen LogP contribution >= 0.6 is 11.3 Å². The molecule has 0 aliphatic carbocycles. The highest BCUT2D eigenvalue weighted by Crippen LogP contribution is 2.32. The number of para-hydroxylation sites is 1. The molecule has 12 nitrogen and oxygen atoms in total. The maximum absolute atomic E-state index is 14.3. The Morgan fingerprint density at radius 1 is 0.980 bits per heavy atom. The molecule has 0 bridgehead atoms. The van der Waals surface area contributed by atoms with Crippen molar-refractivity contribution in [1.29, 1.82) is 0 Å². The van der Waals surface area contributed by atoms with Crippen molar-refractivity contribution in [2.45, 2.75) is 17.9 Å². The number of carbonyl (C=O) groups excluding carboxylic acids is 1. The lowest BCUT2D eigenvalue weighted by molar-refractivity contribution is -0.136. The van der Waals surface area contributed by atoms with E-state index in [1.54, 1.807) is 61.2 Å². The number of benzene rings is 3. The van der Waals surface area contributed by atoms with Crippen LogP contribution in [-0.4, -0.2) is 73.6 Å². The fourth-order valence-electron chi connectivity index (χ4n) is 6.09. The minimum absolute atomic E-state index is 0.177. The van der Waals surface area contributed by atoms with Crippen molar-refractivity contribution in [2.75, 3.05) is 40.5 Å². The number of hydrogen-bond acceptors (Lipinski definition) is 10. The van der Waals surface area contributed by atoms with Crippen molar-refractivity contribution in [2.24, 2.45) is 4.99 Å². The summed E-state index contributed by atoms with van der Waals surface area (Å²) >= 11 is 1.20. The second-order valence-corrected chi connectivity index (χ2v) is 14.5. The zero-order valence-electron chi connectivity index (χ0n) is 27.5. The van der Waals surface area contributed by atoms with Gasteiger partial charge in [0, 0.05) is 30.4 Å². The minimum atomic E-state index is -3.69. The van der Waals surface area contributed by atoms with Gasteiger partial charge in [-0.25, -0.2) is 22.9 Å². The van der Waals surface area contributed by atoms with Crippen molar-refractivity contribution < 1.29 is 27.4 Å². The van der Waals surface area contributed by atoms with E-state index >= 15 is 0 Å². The standard InChI is InChI=1S/C36H33N5O7S2/c1-23-31(35(43)47-3)33(25-9-13-28(46-2)14-10-25)41-34(42)30(49-36(41)37-23)21-26-22-40(27-7-5-4-6-8-27)38-32(26)24-11-15-29(16-12-24)50(44,45)39-17-19-48-20-18-39/h4-16,21-22,33H,17-20H2,1-3H3. The molecular formula is C36H33N5O7S2. The predicted molar refractivity (Wildman–Crippen MR) is 187 cm³/mol. The highest BCUT2D eigenvalue weighted by Gasteiger charge is 2.33. The van der Waals surface area contributed by atoms with E-state index in [0.717, 1.165) is 5.69 Å². The number of nitrogens with zero attached hydrogens (tertiary/aromatic N) is 5. The van der Waals surface area contributed by atoms with E-state index < -0.39 is 22.0 Å². The van der Waals surface area contributed by atoms with E-state index in [4.69, 9.17) is 19.3 Å². The van der Waals surface area contributed by atoms with Gasteiger partial charge < -0.3 is 14.2 Å². The average molecular weight is 712 g/mol. The smallest absolute Gasteiger partial charge is 0.338 e. The topological polar surface area (TPSA) is 134 Å². The molecule has 0 radical (unpaired) electrons. The van der Waals surface area contributed by atoms with Gasteiger partial charge in [-0.15, -0.1) is 0 Å². The summed E-state index contributed by atoms with van der Waals surface area (Å²) in [6.45, 7) is 3.03. The number of fused-ring (bicyclic) bond motifs is 1. The number of hydrogen-bond donors (Lipinski definition) is 0. The van der Waals surface area contributed by atoms with E-state index in [0.29, 0.717) is 69.5 Å². The first kappa shape index (κ1) is 33.4. The first-order valence-electron chi connectivity index (χ1n) is 15.8. The van der Waals surface area contributed by atoms with Crippen molar-refractivity contribution in [1.82, 2.24) is 18.7 Å². The summed E-state index contributed by atoms with van der Waals surface area (Å²) in [6.07, 6.45) is 3.58. The van der Waals surface area contributed by atoms with Crippen LogP contribution in [0.4, 0.5) is 0 Å². The molecule has 0 spiro atoms. The predicted octanol–water partition coefficient (Wildman–Crippen LogP) is 3.29. The van der Waals surface area contributed by atoms with Crippen LogP contribution in [-0.2, 0) is 24.3 Å². The van der Waals surface area contributed by atoms with Gasteiger partial charge in [-0.2, -0.15) is 9.40 Å². The van der Waals surface area contributed by atoms with Crippen molar-refractivity contribution in [3.8, 4) is 22.7 Å². The summed E-state index contributed by atoms with van der Waals surface area (Å²) in [5.74, 6) is 0.0583. The summed E-state index contributed by atoms with van der Waals surface area (Å²) in [4.78, 5) is 32.6. The van der Waals surface area contributed by atoms with E-state index in [-0.39, 0.29) is 16.0 Å². The van der Waals surface area contributed by atoms with E-state index in [1.807, 2.05) is 48.7 Å². The zero-order valence-corrected chi connectivity index (χ0v) is 29.1. The zero-order chi connectivity index (χ0) is 35.0. The molecule has 2 aromatic heterocycles. The molecule has 1 atom stereocenters. The molecule has 14 heteroatoms. The van der Waals surface area contributed by atoms with Gasteiger partial charge in [-0.3, -0.25) is 9.36 Å². The Kier molecular flexibility index (Phi) is 9.09. The van der Waals surface area contributed by atoms with Crippen LogP contribution in [0.15, 0.2) is 111 Å². The number of methoxy groups -OCH3 is 2. The summed E-state index contributed by atoms with van der Waals surface area (Å²) in [6, 6.07) is 22.5. The van der Waals surface area contributed by atoms with Gasteiger partial charge in [0.15, 0.2) is 4.80 Å². The minimum Gasteiger partial charge on any atom is -0.497 e. The quantitative estimate of drug-likeness (QED) is 0.224. The molecule has 0 N–H and O–H groups in total. The van der Waals surface area contributed by atoms with Crippen molar-refractivity contribution in [3.05, 3.63) is 127 Å². The van der Waals surface area contributed by atoms with Gasteiger partial charge in [0.25, 0.3) is 5.56 Å². The van der Waals surface area contributed by atoms with Crippen molar-refractivity contribution in [3.63, 3.8) is 0 Å². The van der Waals surface area contributed by atoms with E-state index in [9.17, 15) is 18.0 Å². The molecule has 0 amide bonds. The molecule has 2 aliphatic heterocycles. The molecule has 5 aromatic rings. The fraction of sp³-hybridized carbons (Fsp3) is 0.222. The lowest BCUT2D eigenvalue weighted by Gasteiger charge is -2.26. The van der Waals surface area contributed by atoms with Crippen molar-refractivity contribution >= 4 is 33.4 Å². The maximum Gasteiger partial charge on any atom is 0.338 e. The molecular weight excluding hydrogens is 679 g/mol. The average Bonchev–Trinajstić information content (AvgIpc) is 3.71. The third-order valence-electron chi connectivity index (χ3n) is 8.64. The third kappa shape index (κ3) is 6.11. The first-order valence-corrected chi connectivity index (χ1v) is 18.0. The Labute approximate surface area is 291 Å². The Bertz CT molecular complexity index is 2390. The molecule has 50 heavy (non-hydrogen) atoms. The van der Waals surface area contributed by atoms with Gasteiger partial charge >= 0.3 is 5.97 Å². The van der Waals surface area contributed by atoms with Gasteiger partial charge in [0.1, 0.15) is 5.75 Å².